The van der Waals surface area contributed by atoms with Crippen LogP contribution in [-0.2, 0) is 4.79 Å². The number of anilines is 1. The Hall–Kier alpha value is -1.35. The van der Waals surface area contributed by atoms with Gasteiger partial charge in [0, 0.05) is 24.5 Å². The molecule has 1 heterocycles. The van der Waals surface area contributed by atoms with E-state index in [2.05, 4.69) is 0 Å². The summed E-state index contributed by atoms with van der Waals surface area (Å²) in [6.07, 6.45) is 0.428. The Morgan fingerprint density at radius 1 is 1.33 bits per heavy atom. The summed E-state index contributed by atoms with van der Waals surface area (Å²) in [7, 11) is 0. The Morgan fingerprint density at radius 2 is 1.89 bits per heavy atom. The van der Waals surface area contributed by atoms with Crippen LogP contribution in [0.1, 0.15) is 31.4 Å². The maximum Gasteiger partial charge on any atom is 0.227 e. The monoisotopic (exact) mass is 247 g/mol. The standard InChI is InChI=1S/C15H21NO2/c1-10-6-5-7-11(2)14(10)16-13(18)8-12(9-17)15(16,3)4/h5-7,12,17H,8-9H2,1-4H3. The maximum atomic E-state index is 12.3. The number of hydrogen-bond donors (Lipinski definition) is 1. The predicted molar refractivity (Wildman–Crippen MR) is 72.7 cm³/mol. The van der Waals surface area contributed by atoms with Crippen LogP contribution in [0.2, 0.25) is 0 Å². The molecule has 1 amide bonds. The summed E-state index contributed by atoms with van der Waals surface area (Å²) >= 11 is 0. The number of aryl methyl sites for hydroxylation is 2. The van der Waals surface area contributed by atoms with Crippen molar-refractivity contribution in [3.8, 4) is 0 Å². The van der Waals surface area contributed by atoms with Crippen molar-refractivity contribution in [1.82, 2.24) is 0 Å². The largest absolute Gasteiger partial charge is 0.396 e. The third kappa shape index (κ3) is 1.83. The first kappa shape index (κ1) is 13.1. The summed E-state index contributed by atoms with van der Waals surface area (Å²) in [5.74, 6) is 0.112. The first-order chi connectivity index (χ1) is 8.39. The van der Waals surface area contributed by atoms with Gasteiger partial charge < -0.3 is 10.0 Å². The van der Waals surface area contributed by atoms with Crippen LogP contribution in [-0.4, -0.2) is 23.2 Å². The third-order valence-corrected chi connectivity index (χ3v) is 4.13. The molecule has 1 unspecified atom stereocenters. The highest BCUT2D eigenvalue weighted by molar-refractivity contribution is 5.99. The van der Waals surface area contributed by atoms with Gasteiger partial charge in [-0.15, -0.1) is 0 Å². The van der Waals surface area contributed by atoms with E-state index in [1.807, 2.05) is 50.8 Å². The average Bonchev–Trinajstić information content (AvgIpc) is 2.51. The molecule has 3 nitrogen and oxygen atoms in total. The van der Waals surface area contributed by atoms with E-state index in [1.165, 1.54) is 0 Å². The lowest BCUT2D eigenvalue weighted by atomic mass is 9.88. The Labute approximate surface area is 108 Å². The molecular formula is C15H21NO2. The molecule has 1 N–H and O–H groups in total. The summed E-state index contributed by atoms with van der Waals surface area (Å²) < 4.78 is 0. The number of aliphatic hydroxyl groups excluding tert-OH is 1. The average molecular weight is 247 g/mol. The molecule has 0 saturated carbocycles. The van der Waals surface area contributed by atoms with Crippen molar-refractivity contribution in [2.45, 2.75) is 39.7 Å². The van der Waals surface area contributed by atoms with Crippen LogP contribution >= 0.6 is 0 Å². The highest BCUT2D eigenvalue weighted by Gasteiger charge is 2.47. The van der Waals surface area contributed by atoms with Crippen molar-refractivity contribution >= 4 is 11.6 Å². The SMILES string of the molecule is Cc1cccc(C)c1N1C(=O)CC(CO)C1(C)C. The van der Waals surface area contributed by atoms with Crippen molar-refractivity contribution < 1.29 is 9.90 Å². The lowest BCUT2D eigenvalue weighted by Gasteiger charge is -2.37. The molecule has 3 heteroatoms. The quantitative estimate of drug-likeness (QED) is 0.872. The van der Waals surface area contributed by atoms with E-state index in [9.17, 15) is 9.90 Å². The lowest BCUT2D eigenvalue weighted by Crippen LogP contribution is -2.45. The van der Waals surface area contributed by atoms with Crippen molar-refractivity contribution in [2.24, 2.45) is 5.92 Å². The fraction of sp³-hybridized carbons (Fsp3) is 0.533. The van der Waals surface area contributed by atoms with Gasteiger partial charge in [0.15, 0.2) is 0 Å². The Bertz CT molecular complexity index is 459. The molecule has 1 saturated heterocycles. The predicted octanol–water partition coefficient (Wildman–Crippen LogP) is 2.43. The zero-order chi connectivity index (χ0) is 13.5. The number of carbonyl (C=O) groups is 1. The maximum absolute atomic E-state index is 12.3. The van der Waals surface area contributed by atoms with E-state index in [1.54, 1.807) is 0 Å². The van der Waals surface area contributed by atoms with Crippen LogP contribution in [0, 0.1) is 19.8 Å². The van der Waals surface area contributed by atoms with Gasteiger partial charge in [0.05, 0.1) is 5.69 Å². The summed E-state index contributed by atoms with van der Waals surface area (Å²) in [4.78, 5) is 14.2. The molecule has 0 bridgehead atoms. The van der Waals surface area contributed by atoms with Gasteiger partial charge in [-0.1, -0.05) is 18.2 Å². The fourth-order valence-electron chi connectivity index (χ4n) is 2.91. The molecule has 0 radical (unpaired) electrons. The Morgan fingerprint density at radius 3 is 2.33 bits per heavy atom. The number of carbonyl (C=O) groups excluding carboxylic acids is 1. The third-order valence-electron chi connectivity index (χ3n) is 4.13. The minimum atomic E-state index is -0.331. The minimum Gasteiger partial charge on any atom is -0.396 e. The van der Waals surface area contributed by atoms with E-state index >= 15 is 0 Å². The number of amides is 1. The van der Waals surface area contributed by atoms with E-state index in [-0.39, 0.29) is 24.0 Å². The second-order valence-corrected chi connectivity index (χ2v) is 5.71. The zero-order valence-corrected chi connectivity index (χ0v) is 11.5. The van der Waals surface area contributed by atoms with Crippen LogP contribution in [0.4, 0.5) is 5.69 Å². The van der Waals surface area contributed by atoms with Crippen molar-refractivity contribution in [3.63, 3.8) is 0 Å². The normalized spacial score (nSPS) is 22.6. The first-order valence-corrected chi connectivity index (χ1v) is 6.39. The van der Waals surface area contributed by atoms with Crippen molar-refractivity contribution in [1.29, 1.82) is 0 Å². The molecule has 98 valence electrons. The van der Waals surface area contributed by atoms with Gasteiger partial charge in [0.2, 0.25) is 5.91 Å². The first-order valence-electron chi connectivity index (χ1n) is 6.39. The van der Waals surface area contributed by atoms with E-state index in [0.29, 0.717) is 6.42 Å². The number of nitrogens with zero attached hydrogens (tertiary/aromatic N) is 1. The van der Waals surface area contributed by atoms with Gasteiger partial charge in [-0.3, -0.25) is 4.79 Å². The molecule has 18 heavy (non-hydrogen) atoms. The highest BCUT2D eigenvalue weighted by Crippen LogP contribution is 2.41. The second kappa shape index (κ2) is 4.39. The number of para-hydroxylation sites is 1. The van der Waals surface area contributed by atoms with Crippen LogP contribution in [0.3, 0.4) is 0 Å². The zero-order valence-electron chi connectivity index (χ0n) is 11.5. The molecule has 1 atom stereocenters. The van der Waals surface area contributed by atoms with E-state index < -0.39 is 0 Å². The molecule has 0 aliphatic carbocycles. The summed E-state index contributed by atoms with van der Waals surface area (Å²) in [5.41, 5.74) is 2.89. The molecule has 1 aromatic carbocycles. The van der Waals surface area contributed by atoms with E-state index in [4.69, 9.17) is 0 Å². The summed E-state index contributed by atoms with van der Waals surface area (Å²) in [6, 6.07) is 6.06. The molecule has 1 aromatic rings. The molecule has 1 fully saturated rings. The number of hydrogen-bond acceptors (Lipinski definition) is 2. The Balaban J connectivity index is 2.53. The van der Waals surface area contributed by atoms with Gasteiger partial charge in [0.1, 0.15) is 0 Å². The number of rotatable bonds is 2. The van der Waals surface area contributed by atoms with Crippen LogP contribution in [0.25, 0.3) is 0 Å². The van der Waals surface area contributed by atoms with Crippen molar-refractivity contribution in [2.75, 3.05) is 11.5 Å². The van der Waals surface area contributed by atoms with Gasteiger partial charge >= 0.3 is 0 Å². The van der Waals surface area contributed by atoms with Gasteiger partial charge in [-0.05, 0) is 38.8 Å². The summed E-state index contributed by atoms with van der Waals surface area (Å²) in [6.45, 7) is 8.17. The molecule has 1 aliphatic rings. The molecule has 0 aromatic heterocycles. The second-order valence-electron chi connectivity index (χ2n) is 5.71. The molecule has 0 spiro atoms. The van der Waals surface area contributed by atoms with E-state index in [0.717, 1.165) is 16.8 Å². The number of aliphatic hydroxyl groups is 1. The number of benzene rings is 1. The molecular weight excluding hydrogens is 226 g/mol. The van der Waals surface area contributed by atoms with Crippen molar-refractivity contribution in [3.05, 3.63) is 29.3 Å². The topological polar surface area (TPSA) is 40.5 Å². The van der Waals surface area contributed by atoms with Gasteiger partial charge in [-0.2, -0.15) is 0 Å². The summed E-state index contributed by atoms with van der Waals surface area (Å²) in [5, 5.41) is 9.44. The minimum absolute atomic E-state index is 0.00371. The van der Waals surface area contributed by atoms with Gasteiger partial charge in [0.25, 0.3) is 0 Å². The van der Waals surface area contributed by atoms with Crippen LogP contribution in [0.5, 0.6) is 0 Å². The Kier molecular flexibility index (Phi) is 3.20. The highest BCUT2D eigenvalue weighted by atomic mass is 16.3. The van der Waals surface area contributed by atoms with Crippen LogP contribution < -0.4 is 4.90 Å². The van der Waals surface area contributed by atoms with Gasteiger partial charge in [-0.25, -0.2) is 0 Å². The smallest absolute Gasteiger partial charge is 0.227 e. The lowest BCUT2D eigenvalue weighted by molar-refractivity contribution is -0.117. The van der Waals surface area contributed by atoms with Crippen LogP contribution in [0.15, 0.2) is 18.2 Å². The molecule has 2 rings (SSSR count). The fourth-order valence-corrected chi connectivity index (χ4v) is 2.91. The molecule has 1 aliphatic heterocycles.